The summed E-state index contributed by atoms with van der Waals surface area (Å²) >= 11 is 0. The maximum Gasteiger partial charge on any atom is 0.335 e. The van der Waals surface area contributed by atoms with E-state index in [0.29, 0.717) is 5.56 Å². The summed E-state index contributed by atoms with van der Waals surface area (Å²) in [5.74, 6) is -1.02. The summed E-state index contributed by atoms with van der Waals surface area (Å²) in [5.41, 5.74) is 1.42. The summed E-state index contributed by atoms with van der Waals surface area (Å²) in [4.78, 5) is 14.8. The Balaban J connectivity index is 2.55. The van der Waals surface area contributed by atoms with Crippen LogP contribution in [0.2, 0.25) is 0 Å². The lowest BCUT2D eigenvalue weighted by Crippen LogP contribution is -2.03. The van der Waals surface area contributed by atoms with E-state index in [1.54, 1.807) is 35.4 Å². The molecule has 2 rings (SSSR count). The normalized spacial score (nSPS) is 10.0. The molecule has 0 saturated heterocycles. The first-order valence-corrected chi connectivity index (χ1v) is 4.70. The third-order valence-electron chi connectivity index (χ3n) is 2.27. The van der Waals surface area contributed by atoms with Crippen molar-refractivity contribution in [3.05, 3.63) is 55.1 Å². The first-order chi connectivity index (χ1) is 7.70. The summed E-state index contributed by atoms with van der Waals surface area (Å²) in [6, 6.07) is 7.18. The molecule has 4 heteroatoms. The highest BCUT2D eigenvalue weighted by molar-refractivity contribution is 6.15. The van der Waals surface area contributed by atoms with Crippen LogP contribution in [0.15, 0.2) is 49.6 Å². The zero-order chi connectivity index (χ0) is 11.5. The average molecular weight is 214 g/mol. The number of benzene rings is 1. The molecular formula is C12H10N2O2. The number of aliphatic carboxylic acids is 1. The van der Waals surface area contributed by atoms with Gasteiger partial charge in [0.1, 0.15) is 0 Å². The van der Waals surface area contributed by atoms with E-state index in [2.05, 4.69) is 11.6 Å². The minimum Gasteiger partial charge on any atom is -0.478 e. The Morgan fingerprint density at radius 1 is 1.38 bits per heavy atom. The Morgan fingerprint density at radius 3 is 2.75 bits per heavy atom. The van der Waals surface area contributed by atoms with E-state index in [9.17, 15) is 4.79 Å². The molecule has 1 aromatic heterocycles. The number of hydrogen-bond donors (Lipinski definition) is 1. The highest BCUT2D eigenvalue weighted by Gasteiger charge is 2.12. The Hall–Kier alpha value is -2.36. The summed E-state index contributed by atoms with van der Waals surface area (Å²) < 4.78 is 1.75. The molecule has 16 heavy (non-hydrogen) atoms. The third-order valence-corrected chi connectivity index (χ3v) is 2.27. The zero-order valence-electron chi connectivity index (χ0n) is 8.50. The molecule has 0 aliphatic rings. The number of hydrogen-bond acceptors (Lipinski definition) is 2. The molecule has 0 unspecified atom stereocenters. The average Bonchev–Trinajstić information content (AvgIpc) is 2.81. The standard InChI is InChI=1S/C12H10N2O2/c1-9(12(15)16)10-4-2-3-5-11(10)14-7-6-13-8-14/h2-8H,1H2,(H,15,16). The molecule has 0 spiro atoms. The molecule has 2 aromatic rings. The van der Waals surface area contributed by atoms with E-state index < -0.39 is 5.97 Å². The fourth-order valence-corrected chi connectivity index (χ4v) is 1.47. The summed E-state index contributed by atoms with van der Waals surface area (Å²) in [5, 5.41) is 8.93. The van der Waals surface area contributed by atoms with Gasteiger partial charge in [-0.05, 0) is 6.07 Å². The molecule has 0 atom stereocenters. The minimum absolute atomic E-state index is 0.0734. The van der Waals surface area contributed by atoms with Crippen molar-refractivity contribution < 1.29 is 9.90 Å². The predicted octanol–water partition coefficient (Wildman–Crippen LogP) is 1.97. The quantitative estimate of drug-likeness (QED) is 0.795. The van der Waals surface area contributed by atoms with Gasteiger partial charge in [0.05, 0.1) is 17.6 Å². The van der Waals surface area contributed by atoms with Crippen LogP contribution < -0.4 is 0 Å². The summed E-state index contributed by atoms with van der Waals surface area (Å²) in [6.45, 7) is 3.56. The number of nitrogens with zero attached hydrogens (tertiary/aromatic N) is 2. The molecule has 1 N–H and O–H groups in total. The first-order valence-electron chi connectivity index (χ1n) is 4.70. The number of carboxylic acids is 1. The Bertz CT molecular complexity index is 530. The van der Waals surface area contributed by atoms with Crippen LogP contribution in [0, 0.1) is 0 Å². The van der Waals surface area contributed by atoms with Gasteiger partial charge in [-0.15, -0.1) is 0 Å². The van der Waals surface area contributed by atoms with Crippen LogP contribution in [-0.2, 0) is 4.79 Å². The second-order valence-corrected chi connectivity index (χ2v) is 3.27. The van der Waals surface area contributed by atoms with Crippen LogP contribution in [0.1, 0.15) is 5.56 Å². The summed E-state index contributed by atoms with van der Waals surface area (Å²) in [7, 11) is 0. The molecule has 80 valence electrons. The second kappa shape index (κ2) is 4.02. The van der Waals surface area contributed by atoms with Gasteiger partial charge in [0.25, 0.3) is 0 Å². The van der Waals surface area contributed by atoms with Gasteiger partial charge in [-0.1, -0.05) is 24.8 Å². The fourth-order valence-electron chi connectivity index (χ4n) is 1.47. The predicted molar refractivity (Wildman–Crippen MR) is 60.2 cm³/mol. The number of rotatable bonds is 3. The lowest BCUT2D eigenvalue weighted by Gasteiger charge is -2.09. The topological polar surface area (TPSA) is 55.1 Å². The minimum atomic E-state index is -1.02. The molecule has 0 bridgehead atoms. The van der Waals surface area contributed by atoms with E-state index in [0.717, 1.165) is 5.69 Å². The van der Waals surface area contributed by atoms with Crippen LogP contribution in [0.25, 0.3) is 11.3 Å². The van der Waals surface area contributed by atoms with E-state index in [1.807, 2.05) is 12.1 Å². The third kappa shape index (κ3) is 1.72. The van der Waals surface area contributed by atoms with Crippen LogP contribution >= 0.6 is 0 Å². The van der Waals surface area contributed by atoms with Crippen molar-refractivity contribution in [1.82, 2.24) is 9.55 Å². The molecule has 0 aliphatic heterocycles. The van der Waals surface area contributed by atoms with Crippen molar-refractivity contribution in [3.63, 3.8) is 0 Å². The van der Waals surface area contributed by atoms with Crippen LogP contribution in [0.4, 0.5) is 0 Å². The van der Waals surface area contributed by atoms with Gasteiger partial charge in [-0.25, -0.2) is 9.78 Å². The molecule has 1 heterocycles. The summed E-state index contributed by atoms with van der Waals surface area (Å²) in [6.07, 6.45) is 5.02. The number of para-hydroxylation sites is 1. The van der Waals surface area contributed by atoms with Gasteiger partial charge in [-0.3, -0.25) is 0 Å². The Labute approximate surface area is 92.5 Å². The number of carboxylic acid groups (broad SMARTS) is 1. The van der Waals surface area contributed by atoms with Gasteiger partial charge in [-0.2, -0.15) is 0 Å². The molecule has 0 aliphatic carbocycles. The number of imidazole rings is 1. The van der Waals surface area contributed by atoms with Crippen molar-refractivity contribution in [2.75, 3.05) is 0 Å². The van der Waals surface area contributed by atoms with Crippen molar-refractivity contribution in [2.24, 2.45) is 0 Å². The van der Waals surface area contributed by atoms with Gasteiger partial charge in [0, 0.05) is 18.0 Å². The molecular weight excluding hydrogens is 204 g/mol. The highest BCUT2D eigenvalue weighted by Crippen LogP contribution is 2.21. The monoisotopic (exact) mass is 214 g/mol. The van der Waals surface area contributed by atoms with E-state index in [1.165, 1.54) is 0 Å². The largest absolute Gasteiger partial charge is 0.478 e. The van der Waals surface area contributed by atoms with Crippen molar-refractivity contribution in [2.45, 2.75) is 0 Å². The first kappa shape index (κ1) is 10.2. The SMILES string of the molecule is C=C(C(=O)O)c1ccccc1-n1ccnc1. The van der Waals surface area contributed by atoms with Crippen molar-refractivity contribution >= 4 is 11.5 Å². The molecule has 0 saturated carbocycles. The van der Waals surface area contributed by atoms with Crippen molar-refractivity contribution in [1.29, 1.82) is 0 Å². The van der Waals surface area contributed by atoms with Crippen LogP contribution in [0.3, 0.4) is 0 Å². The molecule has 0 amide bonds. The lowest BCUT2D eigenvalue weighted by molar-refractivity contribution is -0.130. The number of aromatic nitrogens is 2. The van der Waals surface area contributed by atoms with E-state index >= 15 is 0 Å². The molecule has 1 aromatic carbocycles. The van der Waals surface area contributed by atoms with Gasteiger partial charge >= 0.3 is 5.97 Å². The fraction of sp³-hybridized carbons (Fsp3) is 0. The van der Waals surface area contributed by atoms with Crippen LogP contribution in [-0.4, -0.2) is 20.6 Å². The smallest absolute Gasteiger partial charge is 0.335 e. The number of carbonyl (C=O) groups is 1. The van der Waals surface area contributed by atoms with Gasteiger partial charge < -0.3 is 9.67 Å². The van der Waals surface area contributed by atoms with Crippen molar-refractivity contribution in [3.8, 4) is 5.69 Å². The maximum atomic E-state index is 10.9. The van der Waals surface area contributed by atoms with E-state index in [4.69, 9.17) is 5.11 Å². The van der Waals surface area contributed by atoms with Gasteiger partial charge in [0.15, 0.2) is 0 Å². The lowest BCUT2D eigenvalue weighted by atomic mass is 10.1. The van der Waals surface area contributed by atoms with E-state index in [-0.39, 0.29) is 5.57 Å². The van der Waals surface area contributed by atoms with Crippen LogP contribution in [0.5, 0.6) is 0 Å². The molecule has 0 radical (unpaired) electrons. The molecule has 4 nitrogen and oxygen atoms in total. The van der Waals surface area contributed by atoms with Gasteiger partial charge in [0.2, 0.25) is 0 Å². The maximum absolute atomic E-state index is 10.9. The Morgan fingerprint density at radius 2 is 2.12 bits per heavy atom. The Kier molecular flexibility index (Phi) is 2.55. The molecule has 0 fully saturated rings. The second-order valence-electron chi connectivity index (χ2n) is 3.27. The zero-order valence-corrected chi connectivity index (χ0v) is 8.50. The highest BCUT2D eigenvalue weighted by atomic mass is 16.4.